The standard InChI is InChI=1S/C27H25FN4O2/c28-22-9-3-10-23(17-22)34-26-13-4-12-25(30-26)21-8-5-15-31(18-21)27(33)24-11-2-1-7-20(24)19-32-16-6-14-29-32/h1-4,6-7,9-14,16-17,21H,5,8,15,18-19H2. The van der Waals surface area contributed by atoms with Crippen molar-refractivity contribution >= 4 is 5.91 Å². The Morgan fingerprint density at radius 3 is 2.79 bits per heavy atom. The van der Waals surface area contributed by atoms with Crippen LogP contribution in [0.15, 0.2) is 85.2 Å². The summed E-state index contributed by atoms with van der Waals surface area (Å²) in [7, 11) is 0. The predicted octanol–water partition coefficient (Wildman–Crippen LogP) is 5.28. The molecule has 0 spiro atoms. The second-order valence-electron chi connectivity index (χ2n) is 8.41. The number of carbonyl (C=O) groups excluding carboxylic acids is 1. The number of aromatic nitrogens is 3. The molecule has 0 radical (unpaired) electrons. The Labute approximate surface area is 197 Å². The Morgan fingerprint density at radius 1 is 1.06 bits per heavy atom. The van der Waals surface area contributed by atoms with Crippen LogP contribution >= 0.6 is 0 Å². The van der Waals surface area contributed by atoms with Gasteiger partial charge in [-0.25, -0.2) is 9.37 Å². The Hall–Kier alpha value is -4.00. The molecule has 4 aromatic rings. The van der Waals surface area contributed by atoms with E-state index in [1.807, 2.05) is 58.2 Å². The molecule has 172 valence electrons. The topological polar surface area (TPSA) is 60.2 Å². The molecule has 0 bridgehead atoms. The van der Waals surface area contributed by atoms with E-state index < -0.39 is 0 Å². The average molecular weight is 457 g/mol. The van der Waals surface area contributed by atoms with Crippen molar-refractivity contribution in [1.82, 2.24) is 19.7 Å². The number of benzene rings is 2. The van der Waals surface area contributed by atoms with Gasteiger partial charge in [0, 0.05) is 54.8 Å². The van der Waals surface area contributed by atoms with E-state index in [0.717, 1.165) is 24.1 Å². The molecule has 1 aliphatic rings. The van der Waals surface area contributed by atoms with E-state index in [4.69, 9.17) is 4.74 Å². The Kier molecular flexibility index (Phi) is 6.33. The number of carbonyl (C=O) groups is 1. The zero-order valence-electron chi connectivity index (χ0n) is 18.7. The number of halogens is 1. The summed E-state index contributed by atoms with van der Waals surface area (Å²) < 4.78 is 21.1. The number of pyridine rings is 1. The first-order valence-corrected chi connectivity index (χ1v) is 11.4. The van der Waals surface area contributed by atoms with Crippen molar-refractivity contribution in [2.24, 2.45) is 0 Å². The fraction of sp³-hybridized carbons (Fsp3) is 0.222. The first-order valence-electron chi connectivity index (χ1n) is 11.4. The van der Waals surface area contributed by atoms with E-state index in [1.165, 1.54) is 12.1 Å². The van der Waals surface area contributed by atoms with Crippen LogP contribution in [0.3, 0.4) is 0 Å². The SMILES string of the molecule is O=C(c1ccccc1Cn1cccn1)N1CCCC(c2cccc(Oc3cccc(F)c3)n2)C1. The summed E-state index contributed by atoms with van der Waals surface area (Å²) >= 11 is 0. The van der Waals surface area contributed by atoms with Gasteiger partial charge in [-0.05, 0) is 48.7 Å². The lowest BCUT2D eigenvalue weighted by molar-refractivity contribution is 0.0704. The smallest absolute Gasteiger partial charge is 0.254 e. The monoisotopic (exact) mass is 456 g/mol. The molecule has 0 aliphatic carbocycles. The van der Waals surface area contributed by atoms with Gasteiger partial charge in [0.15, 0.2) is 0 Å². The molecule has 6 nitrogen and oxygen atoms in total. The number of amides is 1. The number of hydrogen-bond donors (Lipinski definition) is 0. The fourth-order valence-corrected chi connectivity index (χ4v) is 4.37. The van der Waals surface area contributed by atoms with E-state index in [1.54, 1.807) is 24.4 Å². The lowest BCUT2D eigenvalue weighted by Gasteiger charge is -2.33. The molecule has 1 unspecified atom stereocenters. The minimum atomic E-state index is -0.358. The van der Waals surface area contributed by atoms with Gasteiger partial charge in [-0.1, -0.05) is 30.3 Å². The van der Waals surface area contributed by atoms with Crippen LogP contribution in [-0.4, -0.2) is 38.7 Å². The van der Waals surface area contributed by atoms with Crippen LogP contribution in [-0.2, 0) is 6.54 Å². The normalized spacial score (nSPS) is 15.8. The molecular weight excluding hydrogens is 431 g/mol. The molecular formula is C27H25FN4O2. The number of nitrogens with zero attached hydrogens (tertiary/aromatic N) is 4. The molecule has 3 heterocycles. The molecule has 2 aromatic carbocycles. The first-order chi connectivity index (χ1) is 16.7. The van der Waals surface area contributed by atoms with Gasteiger partial charge in [0.25, 0.3) is 5.91 Å². The summed E-state index contributed by atoms with van der Waals surface area (Å²) in [6.45, 7) is 1.85. The summed E-state index contributed by atoms with van der Waals surface area (Å²) in [6.07, 6.45) is 5.46. The van der Waals surface area contributed by atoms with Gasteiger partial charge < -0.3 is 9.64 Å². The fourth-order valence-electron chi connectivity index (χ4n) is 4.37. The van der Waals surface area contributed by atoms with Crippen molar-refractivity contribution in [3.05, 3.63) is 108 Å². The van der Waals surface area contributed by atoms with Gasteiger partial charge in [-0.2, -0.15) is 5.10 Å². The second kappa shape index (κ2) is 9.87. The lowest BCUT2D eigenvalue weighted by atomic mass is 9.93. The molecule has 1 aliphatic heterocycles. The molecule has 1 atom stereocenters. The molecule has 1 saturated heterocycles. The van der Waals surface area contributed by atoms with E-state index in [-0.39, 0.29) is 17.6 Å². The maximum Gasteiger partial charge on any atom is 0.254 e. The van der Waals surface area contributed by atoms with Crippen LogP contribution in [0.1, 0.15) is 40.4 Å². The highest BCUT2D eigenvalue weighted by Crippen LogP contribution is 2.29. The van der Waals surface area contributed by atoms with Crippen LogP contribution < -0.4 is 4.74 Å². The Balaban J connectivity index is 1.31. The molecule has 0 N–H and O–H groups in total. The molecule has 1 amide bonds. The van der Waals surface area contributed by atoms with E-state index >= 15 is 0 Å². The van der Waals surface area contributed by atoms with Gasteiger partial charge in [0.2, 0.25) is 5.88 Å². The predicted molar refractivity (Wildman–Crippen MR) is 126 cm³/mol. The third-order valence-corrected chi connectivity index (χ3v) is 6.03. The number of rotatable bonds is 6. The Bertz CT molecular complexity index is 1280. The first kappa shape index (κ1) is 21.8. The quantitative estimate of drug-likeness (QED) is 0.396. The summed E-state index contributed by atoms with van der Waals surface area (Å²) in [5.41, 5.74) is 2.52. The molecule has 34 heavy (non-hydrogen) atoms. The summed E-state index contributed by atoms with van der Waals surface area (Å²) in [5.74, 6) is 0.588. The highest BCUT2D eigenvalue weighted by atomic mass is 19.1. The molecule has 2 aromatic heterocycles. The van der Waals surface area contributed by atoms with E-state index in [0.29, 0.717) is 36.8 Å². The van der Waals surface area contributed by atoms with Crippen molar-refractivity contribution in [2.45, 2.75) is 25.3 Å². The molecule has 1 fully saturated rings. The van der Waals surface area contributed by atoms with Gasteiger partial charge in [-0.3, -0.25) is 9.48 Å². The van der Waals surface area contributed by atoms with Crippen molar-refractivity contribution < 1.29 is 13.9 Å². The molecule has 0 saturated carbocycles. The van der Waals surface area contributed by atoms with Crippen LogP contribution in [0, 0.1) is 5.82 Å². The van der Waals surface area contributed by atoms with Crippen LogP contribution in [0.5, 0.6) is 11.6 Å². The number of likely N-dealkylation sites (tertiary alicyclic amines) is 1. The molecule has 5 rings (SSSR count). The minimum absolute atomic E-state index is 0.0274. The maximum absolute atomic E-state index is 13.5. The summed E-state index contributed by atoms with van der Waals surface area (Å²) in [6, 6.07) is 21.2. The molecule has 7 heteroatoms. The zero-order valence-corrected chi connectivity index (χ0v) is 18.7. The van der Waals surface area contributed by atoms with Gasteiger partial charge in [-0.15, -0.1) is 0 Å². The third-order valence-electron chi connectivity index (χ3n) is 6.03. The van der Waals surface area contributed by atoms with Gasteiger partial charge in [0.1, 0.15) is 11.6 Å². The average Bonchev–Trinajstić information content (AvgIpc) is 3.37. The van der Waals surface area contributed by atoms with Crippen molar-refractivity contribution in [3.8, 4) is 11.6 Å². The second-order valence-corrected chi connectivity index (χ2v) is 8.41. The largest absolute Gasteiger partial charge is 0.439 e. The van der Waals surface area contributed by atoms with Crippen LogP contribution in [0.4, 0.5) is 4.39 Å². The van der Waals surface area contributed by atoms with Gasteiger partial charge in [0.05, 0.1) is 6.54 Å². The van der Waals surface area contributed by atoms with E-state index in [9.17, 15) is 9.18 Å². The maximum atomic E-state index is 13.5. The number of piperidine rings is 1. The Morgan fingerprint density at radius 2 is 1.94 bits per heavy atom. The minimum Gasteiger partial charge on any atom is -0.439 e. The van der Waals surface area contributed by atoms with Crippen molar-refractivity contribution in [3.63, 3.8) is 0 Å². The number of hydrogen-bond acceptors (Lipinski definition) is 4. The van der Waals surface area contributed by atoms with Gasteiger partial charge >= 0.3 is 0 Å². The van der Waals surface area contributed by atoms with Crippen molar-refractivity contribution in [1.29, 1.82) is 0 Å². The lowest BCUT2D eigenvalue weighted by Crippen LogP contribution is -2.39. The van der Waals surface area contributed by atoms with E-state index in [2.05, 4.69) is 10.1 Å². The summed E-state index contributed by atoms with van der Waals surface area (Å²) in [4.78, 5) is 20.1. The third kappa shape index (κ3) is 4.98. The van der Waals surface area contributed by atoms with Crippen LogP contribution in [0.25, 0.3) is 0 Å². The highest BCUT2D eigenvalue weighted by molar-refractivity contribution is 5.95. The van der Waals surface area contributed by atoms with Crippen molar-refractivity contribution in [2.75, 3.05) is 13.1 Å². The highest BCUT2D eigenvalue weighted by Gasteiger charge is 2.27. The van der Waals surface area contributed by atoms with Crippen LogP contribution in [0.2, 0.25) is 0 Å². The summed E-state index contributed by atoms with van der Waals surface area (Å²) in [5, 5.41) is 4.27. The zero-order chi connectivity index (χ0) is 23.3. The number of ether oxygens (including phenoxy) is 1.